The first-order valence-electron chi connectivity index (χ1n) is 9.64. The van der Waals surface area contributed by atoms with E-state index < -0.39 is 17.4 Å². The molecule has 6 rings (SSSR count). The maximum absolute atomic E-state index is 13.5. The zero-order chi connectivity index (χ0) is 19.8. The van der Waals surface area contributed by atoms with E-state index >= 15 is 0 Å². The third-order valence-corrected chi connectivity index (χ3v) is 6.44. The van der Waals surface area contributed by atoms with Crippen molar-refractivity contribution in [3.8, 4) is 0 Å². The van der Waals surface area contributed by atoms with E-state index in [1.807, 2.05) is 60.7 Å². The van der Waals surface area contributed by atoms with Gasteiger partial charge < -0.3 is 5.32 Å². The van der Waals surface area contributed by atoms with Crippen LogP contribution < -0.4 is 15.5 Å². The quantitative estimate of drug-likeness (QED) is 0.633. The Morgan fingerprint density at radius 2 is 1.62 bits per heavy atom. The molecule has 0 saturated carbocycles. The van der Waals surface area contributed by atoms with Gasteiger partial charge in [-0.15, -0.1) is 0 Å². The third-order valence-electron chi connectivity index (χ3n) is 6.44. The molecule has 3 aromatic carbocycles. The number of anilines is 2. The molecular weight excluding hydrogens is 366 g/mol. The van der Waals surface area contributed by atoms with Gasteiger partial charge in [-0.05, 0) is 29.0 Å². The van der Waals surface area contributed by atoms with E-state index in [1.165, 1.54) is 4.90 Å². The Balaban J connectivity index is 1.47. The minimum Gasteiger partial charge on any atom is -0.324 e. The summed E-state index contributed by atoms with van der Waals surface area (Å²) in [4.78, 5) is 41.0. The highest BCUT2D eigenvalue weighted by molar-refractivity contribution is 6.26. The predicted molar refractivity (Wildman–Crippen MR) is 108 cm³/mol. The summed E-state index contributed by atoms with van der Waals surface area (Å²) in [6.45, 7) is 0.293. The van der Waals surface area contributed by atoms with Crippen molar-refractivity contribution in [2.45, 2.75) is 5.54 Å². The van der Waals surface area contributed by atoms with Gasteiger partial charge in [-0.3, -0.25) is 19.7 Å². The SMILES string of the molecule is O=C1C2CNC3(C(=O)Nc4ccccc43)C2C(=O)N1c1ccc2ccccc2c1. The molecule has 0 aromatic heterocycles. The molecule has 3 aliphatic heterocycles. The standard InChI is InChI=1S/C23H17N3O3/c27-20-16-12-24-23(17-7-3-4-8-18(17)25-22(23)29)19(16)21(28)26(20)15-10-9-13-5-1-2-6-14(13)11-15/h1-11,16,19,24H,12H2,(H,25,29). The highest BCUT2D eigenvalue weighted by Gasteiger charge is 2.67. The van der Waals surface area contributed by atoms with Gasteiger partial charge in [-0.1, -0.05) is 48.5 Å². The van der Waals surface area contributed by atoms with Gasteiger partial charge in [0.05, 0.1) is 17.5 Å². The Morgan fingerprint density at radius 3 is 2.48 bits per heavy atom. The number of hydrogen-bond acceptors (Lipinski definition) is 4. The van der Waals surface area contributed by atoms with Crippen molar-refractivity contribution in [2.24, 2.45) is 11.8 Å². The lowest BCUT2D eigenvalue weighted by Crippen LogP contribution is -2.51. The molecule has 3 unspecified atom stereocenters. The second-order valence-corrected chi connectivity index (χ2v) is 7.82. The van der Waals surface area contributed by atoms with Gasteiger partial charge in [0.25, 0.3) is 0 Å². The largest absolute Gasteiger partial charge is 0.324 e. The Morgan fingerprint density at radius 1 is 0.862 bits per heavy atom. The van der Waals surface area contributed by atoms with Crippen LogP contribution in [-0.4, -0.2) is 24.3 Å². The fourth-order valence-electron chi connectivity index (χ4n) is 5.13. The average molecular weight is 383 g/mol. The summed E-state index contributed by atoms with van der Waals surface area (Å²) in [5, 5.41) is 8.09. The van der Waals surface area contributed by atoms with Crippen molar-refractivity contribution in [1.82, 2.24) is 5.32 Å². The highest BCUT2D eigenvalue weighted by atomic mass is 16.2. The van der Waals surface area contributed by atoms with E-state index in [-0.39, 0.29) is 17.7 Å². The number of imide groups is 1. The van der Waals surface area contributed by atoms with Crippen LogP contribution in [0.4, 0.5) is 11.4 Å². The number of nitrogens with zero attached hydrogens (tertiary/aromatic N) is 1. The second kappa shape index (κ2) is 5.52. The van der Waals surface area contributed by atoms with Crippen LogP contribution in [0.2, 0.25) is 0 Å². The van der Waals surface area contributed by atoms with Gasteiger partial charge >= 0.3 is 0 Å². The van der Waals surface area contributed by atoms with Crippen molar-refractivity contribution in [3.05, 3.63) is 72.3 Å². The van der Waals surface area contributed by atoms with Crippen molar-refractivity contribution < 1.29 is 14.4 Å². The molecule has 1 spiro atoms. The Labute approximate surface area is 166 Å². The van der Waals surface area contributed by atoms with Crippen LogP contribution >= 0.6 is 0 Å². The third kappa shape index (κ3) is 1.96. The van der Waals surface area contributed by atoms with E-state index in [0.29, 0.717) is 17.9 Å². The summed E-state index contributed by atoms with van der Waals surface area (Å²) in [6, 6.07) is 20.7. The molecule has 0 aliphatic carbocycles. The number of nitrogens with one attached hydrogen (secondary N) is 2. The van der Waals surface area contributed by atoms with Crippen LogP contribution in [0.3, 0.4) is 0 Å². The van der Waals surface area contributed by atoms with Crippen molar-refractivity contribution in [1.29, 1.82) is 0 Å². The van der Waals surface area contributed by atoms with Gasteiger partial charge in [0.1, 0.15) is 5.54 Å². The van der Waals surface area contributed by atoms with Crippen LogP contribution in [0.25, 0.3) is 10.8 Å². The maximum atomic E-state index is 13.5. The summed E-state index contributed by atoms with van der Waals surface area (Å²) < 4.78 is 0. The van der Waals surface area contributed by atoms with E-state index in [4.69, 9.17) is 0 Å². The summed E-state index contributed by atoms with van der Waals surface area (Å²) in [5.41, 5.74) is 0.781. The zero-order valence-corrected chi connectivity index (χ0v) is 15.4. The molecule has 29 heavy (non-hydrogen) atoms. The number of fused-ring (bicyclic) bond motifs is 5. The maximum Gasteiger partial charge on any atom is 0.250 e. The number of benzene rings is 3. The van der Waals surface area contributed by atoms with E-state index in [2.05, 4.69) is 10.6 Å². The summed E-state index contributed by atoms with van der Waals surface area (Å²) in [5.74, 6) is -2.17. The van der Waals surface area contributed by atoms with Crippen LogP contribution in [0.5, 0.6) is 0 Å². The minimum atomic E-state index is -1.19. The molecule has 3 aliphatic rings. The van der Waals surface area contributed by atoms with Crippen LogP contribution in [0, 0.1) is 11.8 Å². The molecule has 0 bridgehead atoms. The van der Waals surface area contributed by atoms with Crippen molar-refractivity contribution >= 4 is 39.9 Å². The van der Waals surface area contributed by atoms with Crippen molar-refractivity contribution in [2.75, 3.05) is 16.8 Å². The zero-order valence-electron chi connectivity index (χ0n) is 15.4. The molecule has 2 N–H and O–H groups in total. The molecule has 3 aromatic rings. The van der Waals surface area contributed by atoms with Crippen LogP contribution in [0.1, 0.15) is 5.56 Å². The van der Waals surface area contributed by atoms with Crippen LogP contribution in [-0.2, 0) is 19.9 Å². The smallest absolute Gasteiger partial charge is 0.250 e. The topological polar surface area (TPSA) is 78.5 Å². The van der Waals surface area contributed by atoms with Gasteiger partial charge in [-0.2, -0.15) is 0 Å². The lowest BCUT2D eigenvalue weighted by atomic mass is 9.77. The molecule has 142 valence electrons. The van der Waals surface area contributed by atoms with E-state index in [9.17, 15) is 14.4 Å². The lowest BCUT2D eigenvalue weighted by Gasteiger charge is -2.28. The monoisotopic (exact) mass is 383 g/mol. The lowest BCUT2D eigenvalue weighted by molar-refractivity contribution is -0.130. The average Bonchev–Trinajstić information content (AvgIpc) is 3.35. The summed E-state index contributed by atoms with van der Waals surface area (Å²) >= 11 is 0. The summed E-state index contributed by atoms with van der Waals surface area (Å²) in [6.07, 6.45) is 0. The number of amides is 3. The number of hydrogen-bond donors (Lipinski definition) is 2. The molecule has 6 heteroatoms. The highest BCUT2D eigenvalue weighted by Crippen LogP contribution is 2.51. The molecule has 2 saturated heterocycles. The Hall–Kier alpha value is -3.51. The van der Waals surface area contributed by atoms with Gasteiger partial charge in [0.2, 0.25) is 17.7 Å². The fraction of sp³-hybridized carbons (Fsp3) is 0.174. The fourth-order valence-corrected chi connectivity index (χ4v) is 5.13. The molecule has 3 atom stereocenters. The molecule has 3 heterocycles. The molecule has 2 fully saturated rings. The molecule has 0 radical (unpaired) electrons. The molecule has 6 nitrogen and oxygen atoms in total. The summed E-state index contributed by atoms with van der Waals surface area (Å²) in [7, 11) is 0. The number of para-hydroxylation sites is 1. The van der Waals surface area contributed by atoms with Gasteiger partial charge in [0, 0.05) is 17.8 Å². The van der Waals surface area contributed by atoms with E-state index in [1.54, 1.807) is 6.07 Å². The second-order valence-electron chi connectivity index (χ2n) is 7.82. The van der Waals surface area contributed by atoms with E-state index in [0.717, 1.165) is 16.3 Å². The van der Waals surface area contributed by atoms with Gasteiger partial charge in [-0.25, -0.2) is 4.90 Å². The first kappa shape index (κ1) is 16.4. The normalized spacial score (nSPS) is 27.6. The Kier molecular flexibility index (Phi) is 3.13. The minimum absolute atomic E-state index is 0.253. The number of rotatable bonds is 1. The Bertz CT molecular complexity index is 1240. The predicted octanol–water partition coefficient (Wildman–Crippen LogP) is 2.40. The van der Waals surface area contributed by atoms with Crippen LogP contribution in [0.15, 0.2) is 66.7 Å². The number of carbonyl (C=O) groups is 3. The first-order valence-corrected chi connectivity index (χ1v) is 9.64. The molecule has 3 amide bonds. The van der Waals surface area contributed by atoms with Crippen molar-refractivity contribution in [3.63, 3.8) is 0 Å². The van der Waals surface area contributed by atoms with Gasteiger partial charge in [0.15, 0.2) is 0 Å². The molecular formula is C23H17N3O3. The number of carbonyl (C=O) groups excluding carboxylic acids is 3. The first-order chi connectivity index (χ1) is 14.1.